The van der Waals surface area contributed by atoms with Crippen molar-refractivity contribution in [1.82, 2.24) is 10.2 Å². The van der Waals surface area contributed by atoms with Crippen molar-refractivity contribution < 1.29 is 14.4 Å². The van der Waals surface area contributed by atoms with Gasteiger partial charge in [0, 0.05) is 28.2 Å². The van der Waals surface area contributed by atoms with Crippen molar-refractivity contribution >= 4 is 46.7 Å². The molecule has 2 aromatic rings. The number of hydrogen-bond donors (Lipinski definition) is 1. The number of imide groups is 1. The molecule has 0 aliphatic carbocycles. The SMILES string of the molecule is CCC[C@H](CNC(=O)CN1C(=O)[C@H](C)N(c2ccc(C)cc2)C1=O)c1ccc(Cl)cc1Cl. The van der Waals surface area contributed by atoms with E-state index in [-0.39, 0.29) is 12.5 Å². The first-order valence-corrected chi connectivity index (χ1v) is 11.4. The fraction of sp³-hybridized carbons (Fsp3) is 0.375. The maximum Gasteiger partial charge on any atom is 0.332 e. The van der Waals surface area contributed by atoms with Gasteiger partial charge in [0.15, 0.2) is 0 Å². The second kappa shape index (κ2) is 10.4. The van der Waals surface area contributed by atoms with E-state index in [1.54, 1.807) is 31.2 Å². The largest absolute Gasteiger partial charge is 0.354 e. The number of urea groups is 1. The Morgan fingerprint density at radius 3 is 2.44 bits per heavy atom. The lowest BCUT2D eigenvalue weighted by atomic mass is 9.94. The number of benzene rings is 2. The molecule has 2 aromatic carbocycles. The Labute approximate surface area is 198 Å². The number of carbonyl (C=O) groups excluding carboxylic acids is 3. The smallest absolute Gasteiger partial charge is 0.332 e. The second-order valence-corrected chi connectivity index (χ2v) is 8.89. The molecule has 8 heteroatoms. The number of aryl methyl sites for hydroxylation is 1. The molecule has 170 valence electrons. The second-order valence-electron chi connectivity index (χ2n) is 8.04. The monoisotopic (exact) mass is 475 g/mol. The van der Waals surface area contributed by atoms with Crippen LogP contribution in [0.5, 0.6) is 0 Å². The lowest BCUT2D eigenvalue weighted by Crippen LogP contribution is -2.42. The minimum atomic E-state index is -0.668. The molecule has 1 N–H and O–H groups in total. The first-order chi connectivity index (χ1) is 15.2. The molecule has 1 aliphatic heterocycles. The molecule has 1 heterocycles. The van der Waals surface area contributed by atoms with Crippen LogP contribution in [0.3, 0.4) is 0 Å². The van der Waals surface area contributed by atoms with Crippen LogP contribution in [-0.2, 0) is 9.59 Å². The minimum Gasteiger partial charge on any atom is -0.354 e. The highest BCUT2D eigenvalue weighted by molar-refractivity contribution is 6.35. The van der Waals surface area contributed by atoms with E-state index in [0.29, 0.717) is 22.3 Å². The van der Waals surface area contributed by atoms with Gasteiger partial charge in [0.1, 0.15) is 12.6 Å². The van der Waals surface area contributed by atoms with Crippen LogP contribution in [0.1, 0.15) is 43.7 Å². The van der Waals surface area contributed by atoms with Crippen molar-refractivity contribution in [2.75, 3.05) is 18.0 Å². The fourth-order valence-corrected chi connectivity index (χ4v) is 4.46. The standard InChI is InChI=1S/C24H27Cl2N3O3/c1-4-5-17(20-11-8-18(25)12-21(20)26)13-27-22(30)14-28-23(31)16(3)29(24(28)32)19-9-6-15(2)7-10-19/h6-12,16-17H,4-5,13-14H2,1-3H3,(H,27,30)/t16-,17+/m0/s1. The van der Waals surface area contributed by atoms with Gasteiger partial charge in [-0.3, -0.25) is 19.4 Å². The van der Waals surface area contributed by atoms with Gasteiger partial charge in [0.05, 0.1) is 0 Å². The van der Waals surface area contributed by atoms with Gasteiger partial charge in [-0.2, -0.15) is 0 Å². The van der Waals surface area contributed by atoms with Crippen LogP contribution in [0.2, 0.25) is 10.0 Å². The topological polar surface area (TPSA) is 69.7 Å². The number of carbonyl (C=O) groups is 3. The summed E-state index contributed by atoms with van der Waals surface area (Å²) in [4.78, 5) is 40.7. The van der Waals surface area contributed by atoms with Gasteiger partial charge in [-0.05, 0) is 50.1 Å². The van der Waals surface area contributed by atoms with Gasteiger partial charge in [-0.1, -0.05) is 60.3 Å². The van der Waals surface area contributed by atoms with Crippen LogP contribution in [0, 0.1) is 6.92 Å². The van der Waals surface area contributed by atoms with Crippen molar-refractivity contribution in [3.8, 4) is 0 Å². The van der Waals surface area contributed by atoms with E-state index in [2.05, 4.69) is 12.2 Å². The Hall–Kier alpha value is -2.57. The van der Waals surface area contributed by atoms with Gasteiger partial charge in [-0.25, -0.2) is 4.79 Å². The summed E-state index contributed by atoms with van der Waals surface area (Å²) in [5.41, 5.74) is 2.59. The number of anilines is 1. The highest BCUT2D eigenvalue weighted by atomic mass is 35.5. The van der Waals surface area contributed by atoms with Crippen LogP contribution >= 0.6 is 23.2 Å². The van der Waals surface area contributed by atoms with Gasteiger partial charge in [0.2, 0.25) is 5.91 Å². The third-order valence-corrected chi connectivity index (χ3v) is 6.21. The van der Waals surface area contributed by atoms with Gasteiger partial charge in [0.25, 0.3) is 5.91 Å². The molecule has 0 unspecified atom stereocenters. The molecule has 6 nitrogen and oxygen atoms in total. The zero-order valence-electron chi connectivity index (χ0n) is 18.4. The molecule has 1 saturated heterocycles. The number of halogens is 2. The molecule has 2 atom stereocenters. The van der Waals surface area contributed by atoms with Crippen LogP contribution in [0.4, 0.5) is 10.5 Å². The molecular formula is C24H27Cl2N3O3. The van der Waals surface area contributed by atoms with Gasteiger partial charge >= 0.3 is 6.03 Å². The molecule has 0 spiro atoms. The highest BCUT2D eigenvalue weighted by Crippen LogP contribution is 2.30. The Kier molecular flexibility index (Phi) is 7.80. The average molecular weight is 476 g/mol. The lowest BCUT2D eigenvalue weighted by Gasteiger charge is -2.21. The van der Waals surface area contributed by atoms with E-state index in [1.807, 2.05) is 25.1 Å². The molecule has 4 amide bonds. The molecule has 32 heavy (non-hydrogen) atoms. The summed E-state index contributed by atoms with van der Waals surface area (Å²) in [7, 11) is 0. The quantitative estimate of drug-likeness (QED) is 0.536. The first kappa shape index (κ1) is 24.1. The molecular weight excluding hydrogens is 449 g/mol. The first-order valence-electron chi connectivity index (χ1n) is 10.7. The van der Waals surface area contributed by atoms with Gasteiger partial charge in [-0.15, -0.1) is 0 Å². The third kappa shape index (κ3) is 5.25. The van der Waals surface area contributed by atoms with Crippen LogP contribution in [0.25, 0.3) is 0 Å². The van der Waals surface area contributed by atoms with E-state index < -0.39 is 23.9 Å². The van der Waals surface area contributed by atoms with Crippen LogP contribution in [0.15, 0.2) is 42.5 Å². The summed E-state index contributed by atoms with van der Waals surface area (Å²) in [6, 6.07) is 11.5. The zero-order valence-corrected chi connectivity index (χ0v) is 19.9. The van der Waals surface area contributed by atoms with Gasteiger partial charge < -0.3 is 5.32 Å². The normalized spacial score (nSPS) is 17.1. The van der Waals surface area contributed by atoms with Crippen molar-refractivity contribution in [1.29, 1.82) is 0 Å². The maximum absolute atomic E-state index is 12.9. The molecule has 0 radical (unpaired) electrons. The number of rotatable bonds is 8. The van der Waals surface area contributed by atoms with E-state index in [1.165, 1.54) is 4.90 Å². The van der Waals surface area contributed by atoms with E-state index in [9.17, 15) is 14.4 Å². The van der Waals surface area contributed by atoms with E-state index in [4.69, 9.17) is 23.2 Å². The number of hydrogen-bond acceptors (Lipinski definition) is 3. The van der Waals surface area contributed by atoms with Crippen molar-refractivity contribution in [3.63, 3.8) is 0 Å². The number of amides is 4. The maximum atomic E-state index is 12.9. The summed E-state index contributed by atoms with van der Waals surface area (Å²) in [6.07, 6.45) is 1.73. The number of nitrogens with zero attached hydrogens (tertiary/aromatic N) is 2. The minimum absolute atomic E-state index is 0.00155. The number of nitrogens with one attached hydrogen (secondary N) is 1. The van der Waals surface area contributed by atoms with E-state index in [0.717, 1.165) is 28.9 Å². The summed E-state index contributed by atoms with van der Waals surface area (Å²) in [6.45, 7) is 5.70. The predicted octanol–water partition coefficient (Wildman–Crippen LogP) is 5.16. The predicted molar refractivity (Wildman–Crippen MR) is 127 cm³/mol. The zero-order chi connectivity index (χ0) is 23.4. The molecule has 0 bridgehead atoms. The van der Waals surface area contributed by atoms with Crippen molar-refractivity contribution in [3.05, 3.63) is 63.6 Å². The summed E-state index contributed by atoms with van der Waals surface area (Å²) < 4.78 is 0. The highest BCUT2D eigenvalue weighted by Gasteiger charge is 2.44. The molecule has 3 rings (SSSR count). The molecule has 0 aromatic heterocycles. The summed E-state index contributed by atoms with van der Waals surface area (Å²) in [5.74, 6) is -0.783. The lowest BCUT2D eigenvalue weighted by molar-refractivity contribution is -0.131. The van der Waals surface area contributed by atoms with Crippen LogP contribution < -0.4 is 10.2 Å². The van der Waals surface area contributed by atoms with Crippen molar-refractivity contribution in [2.24, 2.45) is 0 Å². The Bertz CT molecular complexity index is 1010. The van der Waals surface area contributed by atoms with Crippen LogP contribution in [-0.4, -0.2) is 41.9 Å². The Morgan fingerprint density at radius 2 is 1.81 bits per heavy atom. The summed E-state index contributed by atoms with van der Waals surface area (Å²) in [5, 5.41) is 3.96. The Balaban J connectivity index is 1.66. The summed E-state index contributed by atoms with van der Waals surface area (Å²) >= 11 is 12.3. The molecule has 0 saturated carbocycles. The molecule has 1 aliphatic rings. The third-order valence-electron chi connectivity index (χ3n) is 5.65. The fourth-order valence-electron chi connectivity index (χ4n) is 3.90. The van der Waals surface area contributed by atoms with Crippen molar-refractivity contribution in [2.45, 2.75) is 45.6 Å². The Morgan fingerprint density at radius 1 is 1.12 bits per heavy atom. The van der Waals surface area contributed by atoms with E-state index >= 15 is 0 Å². The average Bonchev–Trinajstić information content (AvgIpc) is 2.95. The molecule has 1 fully saturated rings.